The molecule has 6 rings (SSSR count). The summed E-state index contributed by atoms with van der Waals surface area (Å²) < 4.78 is 35.2. The quantitative estimate of drug-likeness (QED) is 0.0801. The Kier molecular flexibility index (Phi) is 12.9. The van der Waals surface area contributed by atoms with Gasteiger partial charge >= 0.3 is 0 Å². The number of para-hydroxylation sites is 1. The Morgan fingerprint density at radius 2 is 1.30 bits per heavy atom. The van der Waals surface area contributed by atoms with E-state index in [1.54, 1.807) is 18.2 Å². The summed E-state index contributed by atoms with van der Waals surface area (Å²) in [4.78, 5) is 4.03. The number of nitrogens with one attached hydrogen (secondary N) is 1. The molecule has 4 aromatic carbocycles. The summed E-state index contributed by atoms with van der Waals surface area (Å²) in [6.45, 7) is 0. The zero-order valence-corrected chi connectivity index (χ0v) is 31.8. The van der Waals surface area contributed by atoms with Gasteiger partial charge in [0.2, 0.25) is 0 Å². The molecule has 0 aliphatic heterocycles. The van der Waals surface area contributed by atoms with Crippen molar-refractivity contribution in [1.29, 1.82) is 0 Å². The molecule has 2 aliphatic carbocycles. The number of nitrogens with zero attached hydrogens (tertiary/aromatic N) is 5. The van der Waals surface area contributed by atoms with Crippen LogP contribution in [-0.4, -0.2) is 76.5 Å². The fourth-order valence-corrected chi connectivity index (χ4v) is 6.19. The summed E-state index contributed by atoms with van der Waals surface area (Å²) >= 11 is 0. The highest BCUT2D eigenvalue weighted by atomic mass is 32.2. The smallest absolute Gasteiger partial charge is 0.199 e. The highest BCUT2D eigenvalue weighted by molar-refractivity contribution is 7.85. The average Bonchev–Trinajstić information content (AvgIpc) is 3.16. The van der Waals surface area contributed by atoms with Crippen molar-refractivity contribution >= 4 is 49.8 Å². The number of hydrogen-bond donors (Lipinski definition) is 1. The Bertz CT molecular complexity index is 2160. The second-order valence-corrected chi connectivity index (χ2v) is 14.6. The second-order valence-electron chi connectivity index (χ2n) is 13.2. The second kappa shape index (κ2) is 17.7. The van der Waals surface area contributed by atoms with E-state index in [4.69, 9.17) is 0 Å². The van der Waals surface area contributed by atoms with Gasteiger partial charge in [-0.05, 0) is 110 Å². The van der Waals surface area contributed by atoms with E-state index in [0.29, 0.717) is 17.4 Å². The van der Waals surface area contributed by atoms with E-state index in [1.165, 1.54) is 46.3 Å². The number of hydrogen-bond acceptors (Lipinski definition) is 8. The zero-order chi connectivity index (χ0) is 38.0. The molecule has 0 saturated carbocycles. The van der Waals surface area contributed by atoms with Crippen molar-refractivity contribution in [1.82, 2.24) is 4.90 Å². The third kappa shape index (κ3) is 10.9. The molecule has 0 radical (unpaired) electrons. The normalized spacial score (nSPS) is 16.5. The number of likely N-dealkylation sites (N-methyl/N-ethyl adjacent to an activating group) is 1. The molecule has 0 saturated heterocycles. The van der Waals surface area contributed by atoms with Gasteiger partial charge in [-0.2, -0.15) is 10.2 Å². The summed E-state index contributed by atoms with van der Waals surface area (Å²) in [5.41, 5.74) is 9.10. The molecule has 0 bridgehead atoms. The van der Waals surface area contributed by atoms with Crippen molar-refractivity contribution < 1.29 is 17.5 Å². The number of azo groups is 1. The predicted octanol–water partition coefficient (Wildman–Crippen LogP) is 8.77. The first kappa shape index (κ1) is 38.5. The summed E-state index contributed by atoms with van der Waals surface area (Å²) in [6.07, 6.45) is 18.1. The first-order chi connectivity index (χ1) is 25.4. The van der Waals surface area contributed by atoms with Crippen molar-refractivity contribution in [2.24, 2.45) is 16.1 Å². The number of benzene rings is 4. The van der Waals surface area contributed by atoms with E-state index in [0.717, 1.165) is 11.4 Å². The lowest BCUT2D eigenvalue weighted by molar-refractivity contribution is -0.462. The van der Waals surface area contributed by atoms with E-state index in [9.17, 15) is 13.0 Å². The molecule has 4 aromatic rings. The SMILES string of the molecule is CN(C)c1ccc(C(=C2C=CC(=[N+](C)C)C=C2)C2C=CC(N(C)C)C=C2)cc1.O=S(=O)([O-])c1cccc(N=Nc2ccc(Nc3ccccc3)cc2)c1. The molecular formula is C43H46N6O3S. The van der Waals surface area contributed by atoms with Gasteiger partial charge in [0, 0.05) is 55.3 Å². The van der Waals surface area contributed by atoms with Crippen LogP contribution in [-0.2, 0) is 10.1 Å². The fraction of sp³-hybridized carbons (Fsp3) is 0.186. The molecular weight excluding hydrogens is 681 g/mol. The Morgan fingerprint density at radius 1 is 0.698 bits per heavy atom. The lowest BCUT2D eigenvalue weighted by Gasteiger charge is -2.25. The van der Waals surface area contributed by atoms with E-state index in [-0.39, 0.29) is 10.8 Å². The third-order valence-corrected chi connectivity index (χ3v) is 9.50. The van der Waals surface area contributed by atoms with Gasteiger partial charge in [0.1, 0.15) is 24.2 Å². The highest BCUT2D eigenvalue weighted by Crippen LogP contribution is 2.34. The summed E-state index contributed by atoms with van der Waals surface area (Å²) in [7, 11) is 8.04. The Hall–Kier alpha value is -5.68. The standard InChI is InChI=1S/C25H32N3.C18H15N3O3S/c1-26(2)22-13-7-19(8-14-22)25(20-9-15-23(16-10-20)27(3)4)21-11-17-24(18-12-21)28(5)6;22-25(23,24)18-8-4-7-17(13-18)21-20-16-11-9-15(10-12-16)19-14-5-2-1-3-6-14/h7-19,22H,1-6H3;1-13,19H,(H,22,23,24)/q+1;/p-1. The Balaban J connectivity index is 0.000000206. The van der Waals surface area contributed by atoms with Crippen molar-refractivity contribution in [3.63, 3.8) is 0 Å². The molecule has 2 aliphatic rings. The fourth-order valence-electron chi connectivity index (χ4n) is 5.68. The van der Waals surface area contributed by atoms with Gasteiger partial charge in [0.05, 0.1) is 16.3 Å². The van der Waals surface area contributed by atoms with E-state index in [2.05, 4.69) is 145 Å². The van der Waals surface area contributed by atoms with Gasteiger partial charge in [-0.3, -0.25) is 4.90 Å². The van der Waals surface area contributed by atoms with Crippen LogP contribution in [0.2, 0.25) is 0 Å². The van der Waals surface area contributed by atoms with E-state index < -0.39 is 10.1 Å². The molecule has 0 unspecified atom stereocenters. The van der Waals surface area contributed by atoms with E-state index >= 15 is 0 Å². The summed E-state index contributed by atoms with van der Waals surface area (Å²) in [5.74, 6) is 0.270. The van der Waals surface area contributed by atoms with Crippen LogP contribution >= 0.6 is 0 Å². The topological polar surface area (TPSA) is 103 Å². The predicted molar refractivity (Wildman–Crippen MR) is 217 cm³/mol. The molecule has 272 valence electrons. The lowest BCUT2D eigenvalue weighted by Crippen LogP contribution is -2.25. The minimum absolute atomic E-state index is 0.270. The summed E-state index contributed by atoms with van der Waals surface area (Å²) in [5, 5.41) is 11.3. The molecule has 53 heavy (non-hydrogen) atoms. The van der Waals surface area contributed by atoms with Gasteiger partial charge in [0.25, 0.3) is 0 Å². The van der Waals surface area contributed by atoms with Crippen LogP contribution in [0, 0.1) is 5.92 Å². The average molecular weight is 727 g/mol. The monoisotopic (exact) mass is 726 g/mol. The van der Waals surface area contributed by atoms with Crippen molar-refractivity contribution in [3.05, 3.63) is 163 Å². The lowest BCUT2D eigenvalue weighted by atomic mass is 9.84. The van der Waals surface area contributed by atoms with Gasteiger partial charge < -0.3 is 14.8 Å². The molecule has 0 aromatic heterocycles. The maximum Gasteiger partial charge on any atom is 0.199 e. The van der Waals surface area contributed by atoms with Crippen LogP contribution in [0.4, 0.5) is 28.4 Å². The van der Waals surface area contributed by atoms with Crippen LogP contribution in [0.5, 0.6) is 0 Å². The molecule has 0 spiro atoms. The van der Waals surface area contributed by atoms with Gasteiger partial charge in [-0.25, -0.2) is 13.0 Å². The van der Waals surface area contributed by atoms with Crippen LogP contribution in [0.1, 0.15) is 5.56 Å². The number of allylic oxidation sites excluding steroid dienone is 8. The van der Waals surface area contributed by atoms with Crippen LogP contribution in [0.15, 0.2) is 172 Å². The van der Waals surface area contributed by atoms with Crippen molar-refractivity contribution in [3.8, 4) is 0 Å². The summed E-state index contributed by atoms with van der Waals surface area (Å²) in [6, 6.07) is 31.7. The van der Waals surface area contributed by atoms with Crippen molar-refractivity contribution in [2.45, 2.75) is 10.9 Å². The molecule has 0 heterocycles. The van der Waals surface area contributed by atoms with Crippen LogP contribution < -0.4 is 10.2 Å². The number of anilines is 3. The van der Waals surface area contributed by atoms with Crippen molar-refractivity contribution in [2.75, 3.05) is 52.5 Å². The minimum Gasteiger partial charge on any atom is -0.744 e. The largest absolute Gasteiger partial charge is 0.744 e. The molecule has 0 fully saturated rings. The Labute approximate surface area is 313 Å². The molecule has 0 atom stereocenters. The van der Waals surface area contributed by atoms with Gasteiger partial charge in [-0.1, -0.05) is 60.7 Å². The Morgan fingerprint density at radius 3 is 1.87 bits per heavy atom. The van der Waals surface area contributed by atoms with Crippen LogP contribution in [0.3, 0.4) is 0 Å². The zero-order valence-electron chi connectivity index (χ0n) is 31.0. The first-order valence-corrected chi connectivity index (χ1v) is 18.6. The van der Waals surface area contributed by atoms with Gasteiger partial charge in [-0.15, -0.1) is 0 Å². The highest BCUT2D eigenvalue weighted by Gasteiger charge is 2.20. The van der Waals surface area contributed by atoms with Crippen LogP contribution in [0.25, 0.3) is 5.57 Å². The molecule has 1 N–H and O–H groups in total. The third-order valence-electron chi connectivity index (χ3n) is 8.67. The maximum absolute atomic E-state index is 11.0. The molecule has 10 heteroatoms. The maximum atomic E-state index is 11.0. The number of rotatable bonds is 9. The molecule has 0 amide bonds. The van der Waals surface area contributed by atoms with E-state index in [1.807, 2.05) is 42.5 Å². The minimum atomic E-state index is -4.50. The van der Waals surface area contributed by atoms with Gasteiger partial charge in [0.15, 0.2) is 5.71 Å². The first-order valence-electron chi connectivity index (χ1n) is 17.2. The molecule has 9 nitrogen and oxygen atoms in total.